The lowest BCUT2D eigenvalue weighted by atomic mass is 10.2. The number of hydrogen-bond acceptors (Lipinski definition) is 2. The highest BCUT2D eigenvalue weighted by Crippen LogP contribution is 2.16. The number of anilines is 2. The minimum atomic E-state index is -0.326. The Bertz CT molecular complexity index is 572. The maximum absolute atomic E-state index is 11.8. The maximum atomic E-state index is 11.8. The number of rotatable bonds is 2. The zero-order valence-electron chi connectivity index (χ0n) is 9.77. The van der Waals surface area contributed by atoms with Crippen LogP contribution in [0, 0.1) is 6.92 Å². The fraction of sp³-hybridized carbons (Fsp3) is 0.0769. The van der Waals surface area contributed by atoms with Gasteiger partial charge in [-0.1, -0.05) is 17.7 Å². The van der Waals surface area contributed by atoms with Crippen LogP contribution in [0.2, 0.25) is 5.02 Å². The molecule has 2 aromatic rings. The lowest BCUT2D eigenvalue weighted by molar-refractivity contribution is 0.262. The van der Waals surface area contributed by atoms with Crippen molar-refractivity contribution in [3.63, 3.8) is 0 Å². The van der Waals surface area contributed by atoms with Gasteiger partial charge in [0.2, 0.25) is 0 Å². The Hall–Kier alpha value is -2.07. The molecule has 0 aliphatic carbocycles. The van der Waals surface area contributed by atoms with E-state index >= 15 is 0 Å². The number of urea groups is 1. The van der Waals surface area contributed by atoms with E-state index in [1.165, 1.54) is 0 Å². The summed E-state index contributed by atoms with van der Waals surface area (Å²) in [6, 6.07) is 8.46. The van der Waals surface area contributed by atoms with Gasteiger partial charge in [0, 0.05) is 16.9 Å². The third-order valence-corrected chi connectivity index (χ3v) is 2.60. The monoisotopic (exact) mass is 261 g/mol. The molecule has 0 saturated carbocycles. The van der Waals surface area contributed by atoms with E-state index in [0.717, 1.165) is 5.56 Å². The van der Waals surface area contributed by atoms with Crippen molar-refractivity contribution in [3.8, 4) is 0 Å². The van der Waals surface area contributed by atoms with Crippen molar-refractivity contribution < 1.29 is 4.79 Å². The molecular formula is C13H12ClN3O. The number of carbonyl (C=O) groups excluding carboxylic acids is 1. The third kappa shape index (κ3) is 3.21. The molecular weight excluding hydrogens is 250 g/mol. The number of aryl methyl sites for hydroxylation is 1. The number of pyridine rings is 1. The molecule has 1 aromatic carbocycles. The van der Waals surface area contributed by atoms with Crippen molar-refractivity contribution in [2.45, 2.75) is 6.92 Å². The van der Waals surface area contributed by atoms with Gasteiger partial charge in [-0.2, -0.15) is 0 Å². The van der Waals surface area contributed by atoms with Gasteiger partial charge in [0.05, 0.1) is 11.9 Å². The van der Waals surface area contributed by atoms with Crippen molar-refractivity contribution in [2.24, 2.45) is 0 Å². The van der Waals surface area contributed by atoms with Gasteiger partial charge < -0.3 is 10.6 Å². The Morgan fingerprint density at radius 2 is 2.11 bits per heavy atom. The SMILES string of the molecule is Cc1ccncc1NC(=O)Nc1cccc(Cl)c1. The van der Waals surface area contributed by atoms with Gasteiger partial charge in [-0.25, -0.2) is 4.79 Å². The molecule has 0 atom stereocenters. The van der Waals surface area contributed by atoms with Crippen LogP contribution in [0.5, 0.6) is 0 Å². The molecule has 2 amide bonds. The van der Waals surface area contributed by atoms with Gasteiger partial charge >= 0.3 is 6.03 Å². The van der Waals surface area contributed by atoms with Crippen LogP contribution in [0.4, 0.5) is 16.2 Å². The van der Waals surface area contributed by atoms with E-state index in [-0.39, 0.29) is 6.03 Å². The second-order valence-electron chi connectivity index (χ2n) is 3.78. The molecule has 0 bridgehead atoms. The molecule has 4 nitrogen and oxygen atoms in total. The van der Waals surface area contributed by atoms with E-state index in [4.69, 9.17) is 11.6 Å². The highest BCUT2D eigenvalue weighted by atomic mass is 35.5. The van der Waals surface area contributed by atoms with E-state index in [1.54, 1.807) is 36.7 Å². The summed E-state index contributed by atoms with van der Waals surface area (Å²) in [6.45, 7) is 1.90. The quantitative estimate of drug-likeness (QED) is 0.866. The Labute approximate surface area is 110 Å². The van der Waals surface area contributed by atoms with Crippen LogP contribution >= 0.6 is 11.6 Å². The van der Waals surface area contributed by atoms with Gasteiger partial charge in [0.25, 0.3) is 0 Å². The topological polar surface area (TPSA) is 54.0 Å². The Kier molecular flexibility index (Phi) is 3.79. The van der Waals surface area contributed by atoms with Gasteiger partial charge in [-0.05, 0) is 36.8 Å². The first kappa shape index (κ1) is 12.4. The molecule has 18 heavy (non-hydrogen) atoms. The van der Waals surface area contributed by atoms with Gasteiger partial charge in [-0.3, -0.25) is 4.98 Å². The molecule has 0 fully saturated rings. The Morgan fingerprint density at radius 3 is 2.83 bits per heavy atom. The summed E-state index contributed by atoms with van der Waals surface area (Å²) in [5.74, 6) is 0. The summed E-state index contributed by atoms with van der Waals surface area (Å²) in [7, 11) is 0. The second-order valence-corrected chi connectivity index (χ2v) is 4.22. The van der Waals surface area contributed by atoms with E-state index in [9.17, 15) is 4.79 Å². The minimum absolute atomic E-state index is 0.326. The average Bonchev–Trinajstić information content (AvgIpc) is 2.32. The molecule has 0 saturated heterocycles. The largest absolute Gasteiger partial charge is 0.323 e. The van der Waals surface area contributed by atoms with Crippen LogP contribution < -0.4 is 10.6 Å². The van der Waals surface area contributed by atoms with Crippen LogP contribution in [0.1, 0.15) is 5.56 Å². The molecule has 2 N–H and O–H groups in total. The summed E-state index contributed by atoms with van der Waals surface area (Å²) < 4.78 is 0. The summed E-state index contributed by atoms with van der Waals surface area (Å²) in [5.41, 5.74) is 2.27. The van der Waals surface area contributed by atoms with E-state index in [0.29, 0.717) is 16.4 Å². The number of nitrogens with one attached hydrogen (secondary N) is 2. The van der Waals surface area contributed by atoms with E-state index in [1.807, 2.05) is 13.0 Å². The highest BCUT2D eigenvalue weighted by Gasteiger charge is 2.04. The maximum Gasteiger partial charge on any atom is 0.323 e. The van der Waals surface area contributed by atoms with Gasteiger partial charge in [-0.15, -0.1) is 0 Å². The van der Waals surface area contributed by atoms with Crippen LogP contribution in [0.3, 0.4) is 0 Å². The molecule has 0 aliphatic heterocycles. The number of carbonyl (C=O) groups is 1. The minimum Gasteiger partial charge on any atom is -0.308 e. The molecule has 1 aromatic heterocycles. The van der Waals surface area contributed by atoms with Crippen molar-refractivity contribution >= 4 is 29.0 Å². The third-order valence-electron chi connectivity index (χ3n) is 2.37. The fourth-order valence-electron chi connectivity index (χ4n) is 1.45. The zero-order chi connectivity index (χ0) is 13.0. The summed E-state index contributed by atoms with van der Waals surface area (Å²) in [6.07, 6.45) is 3.28. The van der Waals surface area contributed by atoms with Gasteiger partial charge in [0.15, 0.2) is 0 Å². The van der Waals surface area contributed by atoms with Crippen molar-refractivity contribution in [1.29, 1.82) is 0 Å². The number of hydrogen-bond donors (Lipinski definition) is 2. The number of benzene rings is 1. The first-order chi connectivity index (χ1) is 8.65. The molecule has 0 aliphatic rings. The van der Waals surface area contributed by atoms with Crippen molar-refractivity contribution in [2.75, 3.05) is 10.6 Å². The van der Waals surface area contributed by atoms with Crippen LogP contribution in [0.25, 0.3) is 0 Å². The zero-order valence-corrected chi connectivity index (χ0v) is 10.5. The lowest BCUT2D eigenvalue weighted by Gasteiger charge is -2.09. The molecule has 92 valence electrons. The average molecular weight is 262 g/mol. The van der Waals surface area contributed by atoms with Crippen LogP contribution in [0.15, 0.2) is 42.7 Å². The molecule has 5 heteroatoms. The summed E-state index contributed by atoms with van der Waals surface area (Å²) in [4.78, 5) is 15.7. The molecule has 1 heterocycles. The van der Waals surface area contributed by atoms with Crippen molar-refractivity contribution in [3.05, 3.63) is 53.3 Å². The highest BCUT2D eigenvalue weighted by molar-refractivity contribution is 6.30. The van der Waals surface area contributed by atoms with Crippen LogP contribution in [-0.2, 0) is 0 Å². The predicted octanol–water partition coefficient (Wildman–Crippen LogP) is 3.69. The Morgan fingerprint density at radius 1 is 1.28 bits per heavy atom. The lowest BCUT2D eigenvalue weighted by Crippen LogP contribution is -2.20. The first-order valence-corrected chi connectivity index (χ1v) is 5.77. The van der Waals surface area contributed by atoms with E-state index < -0.39 is 0 Å². The summed E-state index contributed by atoms with van der Waals surface area (Å²) in [5, 5.41) is 5.99. The molecule has 0 unspecified atom stereocenters. The fourth-order valence-corrected chi connectivity index (χ4v) is 1.64. The molecule has 2 rings (SSSR count). The summed E-state index contributed by atoms with van der Waals surface area (Å²) >= 11 is 5.83. The number of halogens is 1. The smallest absolute Gasteiger partial charge is 0.308 e. The normalized spacial score (nSPS) is 9.89. The number of nitrogens with zero attached hydrogens (tertiary/aromatic N) is 1. The van der Waals surface area contributed by atoms with Crippen LogP contribution in [-0.4, -0.2) is 11.0 Å². The Balaban J connectivity index is 2.03. The number of aromatic nitrogens is 1. The number of amides is 2. The van der Waals surface area contributed by atoms with E-state index in [2.05, 4.69) is 15.6 Å². The molecule has 0 radical (unpaired) electrons. The standard InChI is InChI=1S/C13H12ClN3O/c1-9-5-6-15-8-12(9)17-13(18)16-11-4-2-3-10(14)7-11/h2-8H,1H3,(H2,16,17,18). The first-order valence-electron chi connectivity index (χ1n) is 5.39. The predicted molar refractivity (Wildman–Crippen MR) is 73.1 cm³/mol. The second kappa shape index (κ2) is 5.51. The van der Waals surface area contributed by atoms with Crippen molar-refractivity contribution in [1.82, 2.24) is 4.98 Å². The molecule has 0 spiro atoms. The van der Waals surface area contributed by atoms with Gasteiger partial charge in [0.1, 0.15) is 0 Å².